The molecule has 20 heavy (non-hydrogen) atoms. The molecule has 110 valence electrons. The van der Waals surface area contributed by atoms with E-state index in [-0.39, 0.29) is 11.4 Å². The molecule has 0 radical (unpaired) electrons. The Morgan fingerprint density at radius 2 is 1.90 bits per heavy atom. The van der Waals surface area contributed by atoms with Gasteiger partial charge in [-0.05, 0) is 38.8 Å². The predicted octanol–water partition coefficient (Wildman–Crippen LogP) is 2.80. The van der Waals surface area contributed by atoms with Gasteiger partial charge < -0.3 is 10.6 Å². The van der Waals surface area contributed by atoms with Crippen LogP contribution in [-0.2, 0) is 0 Å². The van der Waals surface area contributed by atoms with Crippen molar-refractivity contribution < 1.29 is 13.2 Å². The van der Waals surface area contributed by atoms with Gasteiger partial charge in [-0.25, -0.2) is 4.98 Å². The molecule has 1 heterocycles. The summed E-state index contributed by atoms with van der Waals surface area (Å²) in [4.78, 5) is 4.00. The van der Waals surface area contributed by atoms with E-state index in [0.717, 1.165) is 0 Å². The van der Waals surface area contributed by atoms with Crippen molar-refractivity contribution in [3.8, 4) is 11.8 Å². The van der Waals surface area contributed by atoms with Crippen LogP contribution in [0.3, 0.4) is 0 Å². The number of hydrogen-bond acceptors (Lipinski definition) is 3. The van der Waals surface area contributed by atoms with Crippen molar-refractivity contribution in [3.05, 3.63) is 23.9 Å². The minimum absolute atomic E-state index is 0.0295. The Bertz CT molecular complexity index is 493. The first-order chi connectivity index (χ1) is 9.16. The summed E-state index contributed by atoms with van der Waals surface area (Å²) in [6, 6.07) is 4.75. The molecule has 0 saturated carbocycles. The molecule has 0 aliphatic carbocycles. The Labute approximate surface area is 117 Å². The number of nitrogens with one attached hydrogen (secondary N) is 2. The van der Waals surface area contributed by atoms with E-state index in [0.29, 0.717) is 12.2 Å². The monoisotopic (exact) mass is 285 g/mol. The highest BCUT2D eigenvalue weighted by atomic mass is 19.4. The van der Waals surface area contributed by atoms with Crippen LogP contribution in [0, 0.1) is 11.8 Å². The number of halogens is 3. The van der Waals surface area contributed by atoms with Crippen molar-refractivity contribution in [2.45, 2.75) is 32.5 Å². The largest absolute Gasteiger partial charge is 0.405 e. The lowest BCUT2D eigenvalue weighted by Gasteiger charge is -2.18. The highest BCUT2D eigenvalue weighted by molar-refractivity contribution is 5.40. The molecule has 0 fully saturated rings. The smallest absolute Gasteiger partial charge is 0.361 e. The Hall–Kier alpha value is -1.74. The zero-order valence-electron chi connectivity index (χ0n) is 11.7. The van der Waals surface area contributed by atoms with Gasteiger partial charge in [0, 0.05) is 5.54 Å². The number of hydrogen-bond donors (Lipinski definition) is 2. The zero-order valence-corrected chi connectivity index (χ0v) is 11.7. The molecule has 0 amide bonds. The summed E-state index contributed by atoms with van der Waals surface area (Å²) in [5.74, 6) is 5.86. The number of rotatable bonds is 3. The number of alkyl halides is 3. The quantitative estimate of drug-likeness (QED) is 0.839. The Balaban J connectivity index is 2.58. The van der Waals surface area contributed by atoms with E-state index in [2.05, 4.69) is 27.5 Å². The van der Waals surface area contributed by atoms with E-state index >= 15 is 0 Å². The van der Waals surface area contributed by atoms with Gasteiger partial charge in [-0.1, -0.05) is 12.0 Å². The molecule has 0 atom stereocenters. The van der Waals surface area contributed by atoms with Gasteiger partial charge in [0.15, 0.2) is 0 Å². The summed E-state index contributed by atoms with van der Waals surface area (Å²) < 4.78 is 36.2. The molecule has 0 bridgehead atoms. The fourth-order valence-corrected chi connectivity index (χ4v) is 1.24. The van der Waals surface area contributed by atoms with E-state index < -0.39 is 12.7 Å². The van der Waals surface area contributed by atoms with Gasteiger partial charge in [-0.3, -0.25) is 0 Å². The Kier molecular flexibility index (Phi) is 5.40. The van der Waals surface area contributed by atoms with Crippen LogP contribution in [0.25, 0.3) is 0 Å². The summed E-state index contributed by atoms with van der Waals surface area (Å²) in [7, 11) is 0. The molecule has 0 spiro atoms. The third kappa shape index (κ3) is 7.64. The fourth-order valence-electron chi connectivity index (χ4n) is 1.24. The number of pyridine rings is 1. The maximum atomic E-state index is 12.1. The van der Waals surface area contributed by atoms with Crippen molar-refractivity contribution >= 4 is 5.82 Å². The topological polar surface area (TPSA) is 37.0 Å². The third-order valence-corrected chi connectivity index (χ3v) is 2.14. The van der Waals surface area contributed by atoms with Gasteiger partial charge >= 0.3 is 6.18 Å². The maximum absolute atomic E-state index is 12.1. The van der Waals surface area contributed by atoms with E-state index in [4.69, 9.17) is 0 Å². The van der Waals surface area contributed by atoms with Crippen LogP contribution >= 0.6 is 0 Å². The lowest BCUT2D eigenvalue weighted by atomic mass is 10.1. The first kappa shape index (κ1) is 16.3. The van der Waals surface area contributed by atoms with Crippen LogP contribution < -0.4 is 10.6 Å². The second kappa shape index (κ2) is 6.62. The SMILES string of the molecule is CC(C)(C)NCC#Cc1cccc(NCC(F)(F)F)n1. The molecule has 3 nitrogen and oxygen atoms in total. The molecule has 0 aromatic carbocycles. The van der Waals surface area contributed by atoms with Crippen molar-refractivity contribution in [1.82, 2.24) is 10.3 Å². The molecule has 2 N–H and O–H groups in total. The van der Waals surface area contributed by atoms with Crippen LogP contribution in [0.2, 0.25) is 0 Å². The fraction of sp³-hybridized carbons (Fsp3) is 0.500. The summed E-state index contributed by atoms with van der Waals surface area (Å²) in [6.07, 6.45) is -4.26. The average molecular weight is 285 g/mol. The minimum Gasteiger partial charge on any atom is -0.361 e. The van der Waals surface area contributed by atoms with Gasteiger partial charge in [-0.15, -0.1) is 0 Å². The number of nitrogens with zero attached hydrogens (tertiary/aromatic N) is 1. The molecule has 6 heteroatoms. The van der Waals surface area contributed by atoms with E-state index in [1.165, 1.54) is 6.07 Å². The summed E-state index contributed by atoms with van der Waals surface area (Å²) in [5, 5.41) is 5.41. The van der Waals surface area contributed by atoms with Crippen molar-refractivity contribution in [2.24, 2.45) is 0 Å². The lowest BCUT2D eigenvalue weighted by molar-refractivity contribution is -0.115. The summed E-state index contributed by atoms with van der Waals surface area (Å²) in [5.41, 5.74) is 0.408. The first-order valence-corrected chi connectivity index (χ1v) is 6.17. The van der Waals surface area contributed by atoms with Crippen LogP contribution in [0.1, 0.15) is 26.5 Å². The van der Waals surface area contributed by atoms with Gasteiger partial charge in [0.05, 0.1) is 6.54 Å². The van der Waals surface area contributed by atoms with Crippen LogP contribution in [0.5, 0.6) is 0 Å². The van der Waals surface area contributed by atoms with Gasteiger partial charge in [-0.2, -0.15) is 13.2 Å². The van der Waals surface area contributed by atoms with Crippen molar-refractivity contribution in [2.75, 3.05) is 18.4 Å². The summed E-state index contributed by atoms with van der Waals surface area (Å²) >= 11 is 0. The second-order valence-corrected chi connectivity index (χ2v) is 5.28. The highest BCUT2D eigenvalue weighted by Crippen LogP contribution is 2.15. The Morgan fingerprint density at radius 3 is 2.50 bits per heavy atom. The van der Waals surface area contributed by atoms with Crippen molar-refractivity contribution in [3.63, 3.8) is 0 Å². The molecule has 0 aliphatic heterocycles. The van der Waals surface area contributed by atoms with Crippen LogP contribution in [-0.4, -0.2) is 29.8 Å². The Morgan fingerprint density at radius 1 is 1.20 bits per heavy atom. The molecule has 1 rings (SSSR count). The second-order valence-electron chi connectivity index (χ2n) is 5.28. The predicted molar refractivity (Wildman–Crippen MR) is 73.4 cm³/mol. The molecular formula is C14H18F3N3. The van der Waals surface area contributed by atoms with Gasteiger partial charge in [0.2, 0.25) is 0 Å². The zero-order chi connectivity index (χ0) is 15.2. The number of aromatic nitrogens is 1. The lowest BCUT2D eigenvalue weighted by Crippen LogP contribution is -2.35. The molecule has 1 aromatic rings. The van der Waals surface area contributed by atoms with E-state index in [9.17, 15) is 13.2 Å². The van der Waals surface area contributed by atoms with Crippen LogP contribution in [0.15, 0.2) is 18.2 Å². The molecule has 0 aliphatic rings. The standard InChI is InChI=1S/C14H18F3N3/c1-13(2,3)19-9-5-7-11-6-4-8-12(20-11)18-10-14(15,16)17/h4,6,8,19H,9-10H2,1-3H3,(H,18,20). The number of anilines is 1. The van der Waals surface area contributed by atoms with Crippen LogP contribution in [0.4, 0.5) is 19.0 Å². The summed E-state index contributed by atoms with van der Waals surface area (Å²) in [6.45, 7) is 5.45. The normalized spacial score (nSPS) is 11.7. The molecule has 0 unspecified atom stereocenters. The van der Waals surface area contributed by atoms with Crippen molar-refractivity contribution in [1.29, 1.82) is 0 Å². The minimum atomic E-state index is -4.26. The van der Waals surface area contributed by atoms with Gasteiger partial charge in [0.1, 0.15) is 18.1 Å². The highest BCUT2D eigenvalue weighted by Gasteiger charge is 2.26. The van der Waals surface area contributed by atoms with Gasteiger partial charge in [0.25, 0.3) is 0 Å². The third-order valence-electron chi connectivity index (χ3n) is 2.14. The molecule has 0 saturated heterocycles. The average Bonchev–Trinajstić information content (AvgIpc) is 2.31. The maximum Gasteiger partial charge on any atom is 0.405 e. The van der Waals surface area contributed by atoms with E-state index in [1.807, 2.05) is 20.8 Å². The first-order valence-electron chi connectivity index (χ1n) is 6.17. The van der Waals surface area contributed by atoms with E-state index in [1.54, 1.807) is 12.1 Å². The molecule has 1 aromatic heterocycles. The molecular weight excluding hydrogens is 267 g/mol.